The predicted molar refractivity (Wildman–Crippen MR) is 139 cm³/mol. The summed E-state index contributed by atoms with van der Waals surface area (Å²) >= 11 is 6.17. The van der Waals surface area contributed by atoms with Crippen molar-refractivity contribution in [3.63, 3.8) is 0 Å². The van der Waals surface area contributed by atoms with Gasteiger partial charge in [-0.15, -0.1) is 0 Å². The molecular weight excluding hydrogens is 522 g/mol. The molecule has 1 amide bonds. The average molecular weight is 551 g/mol. The van der Waals surface area contributed by atoms with Gasteiger partial charge in [0, 0.05) is 25.4 Å². The molecule has 2 unspecified atom stereocenters. The summed E-state index contributed by atoms with van der Waals surface area (Å²) in [6.45, 7) is 2.61. The normalized spacial score (nSPS) is 13.2. The number of amides is 1. The third-order valence-electron chi connectivity index (χ3n) is 5.85. The Bertz CT molecular complexity index is 1350. The van der Waals surface area contributed by atoms with Gasteiger partial charge in [-0.2, -0.15) is 0 Å². The van der Waals surface area contributed by atoms with Crippen molar-refractivity contribution >= 4 is 27.3 Å². The lowest BCUT2D eigenvalue weighted by atomic mass is 10.00. The Morgan fingerprint density at radius 2 is 1.68 bits per heavy atom. The van der Waals surface area contributed by atoms with Crippen molar-refractivity contribution in [2.24, 2.45) is 0 Å². The number of carbonyl (C=O) groups excluding carboxylic acids is 1. The van der Waals surface area contributed by atoms with Crippen LogP contribution >= 0.6 is 11.6 Å². The van der Waals surface area contributed by atoms with Gasteiger partial charge < -0.3 is 15.7 Å². The van der Waals surface area contributed by atoms with Crippen LogP contribution in [0.15, 0.2) is 65.6 Å². The van der Waals surface area contributed by atoms with E-state index in [0.717, 1.165) is 36.4 Å². The van der Waals surface area contributed by atoms with E-state index in [4.69, 9.17) is 11.6 Å². The van der Waals surface area contributed by atoms with E-state index in [-0.39, 0.29) is 34.0 Å². The molecule has 0 saturated carbocycles. The number of sulfone groups is 1. The van der Waals surface area contributed by atoms with Crippen LogP contribution in [-0.4, -0.2) is 44.4 Å². The van der Waals surface area contributed by atoms with E-state index in [1.54, 1.807) is 0 Å². The molecule has 0 aromatic heterocycles. The van der Waals surface area contributed by atoms with Crippen molar-refractivity contribution < 1.29 is 27.1 Å². The van der Waals surface area contributed by atoms with E-state index >= 15 is 0 Å². The fourth-order valence-corrected chi connectivity index (χ4v) is 4.87. The number of rotatable bonds is 11. The van der Waals surface area contributed by atoms with Crippen LogP contribution in [0, 0.1) is 11.6 Å². The summed E-state index contributed by atoms with van der Waals surface area (Å²) in [4.78, 5) is 13.0. The summed E-state index contributed by atoms with van der Waals surface area (Å²) in [5, 5.41) is 16.7. The molecule has 6 nitrogen and oxygen atoms in total. The monoisotopic (exact) mass is 550 g/mol. The Labute approximate surface area is 220 Å². The van der Waals surface area contributed by atoms with Crippen LogP contribution in [0.4, 0.5) is 8.78 Å². The zero-order valence-corrected chi connectivity index (χ0v) is 22.0. The SMILES string of the molecule is CCc1cccc(CNCC(O)C(Cc2cc(F)cc(F)c2)NC(=O)c2ccc(S(C)(=O)=O)cc2Cl)c1. The molecule has 2 atom stereocenters. The Balaban J connectivity index is 1.77. The quantitative estimate of drug-likeness (QED) is 0.334. The number of benzene rings is 3. The number of aryl methyl sites for hydroxylation is 1. The molecule has 37 heavy (non-hydrogen) atoms. The van der Waals surface area contributed by atoms with E-state index < -0.39 is 39.5 Å². The minimum atomic E-state index is -3.53. The molecule has 0 bridgehead atoms. The highest BCUT2D eigenvalue weighted by molar-refractivity contribution is 7.90. The van der Waals surface area contributed by atoms with Crippen LogP contribution in [-0.2, 0) is 29.2 Å². The molecule has 0 heterocycles. The molecule has 10 heteroatoms. The van der Waals surface area contributed by atoms with Gasteiger partial charge in [0.15, 0.2) is 9.84 Å². The van der Waals surface area contributed by atoms with Crippen LogP contribution in [0.2, 0.25) is 5.02 Å². The van der Waals surface area contributed by atoms with Crippen LogP contribution in [0.1, 0.15) is 34.0 Å². The molecule has 0 aliphatic carbocycles. The van der Waals surface area contributed by atoms with E-state index in [9.17, 15) is 27.1 Å². The Kier molecular flexibility index (Phi) is 9.78. The standard InChI is InChI=1S/C27H29ClF2N2O4S/c1-3-17-5-4-6-18(9-17)15-31-16-26(33)25(12-19-10-20(29)13-21(30)11-19)32-27(34)23-8-7-22(14-24(23)28)37(2,35)36/h4-11,13-14,25-26,31,33H,3,12,15-16H2,1-2H3,(H,32,34). The largest absolute Gasteiger partial charge is 0.390 e. The first-order valence-electron chi connectivity index (χ1n) is 11.7. The molecule has 0 radical (unpaired) electrons. The van der Waals surface area contributed by atoms with Crippen molar-refractivity contribution in [3.05, 3.63) is 99.6 Å². The minimum Gasteiger partial charge on any atom is -0.390 e. The summed E-state index contributed by atoms with van der Waals surface area (Å²) in [5.74, 6) is -2.22. The molecule has 3 rings (SSSR count). The van der Waals surface area contributed by atoms with Crippen LogP contribution in [0.5, 0.6) is 0 Å². The van der Waals surface area contributed by atoms with Gasteiger partial charge in [0.05, 0.1) is 27.6 Å². The molecule has 3 aromatic rings. The van der Waals surface area contributed by atoms with E-state index in [2.05, 4.69) is 23.6 Å². The van der Waals surface area contributed by atoms with Gasteiger partial charge >= 0.3 is 0 Å². The molecule has 0 aliphatic heterocycles. The lowest BCUT2D eigenvalue weighted by Gasteiger charge is -2.25. The number of carbonyl (C=O) groups is 1. The highest BCUT2D eigenvalue weighted by Gasteiger charge is 2.24. The third-order valence-corrected chi connectivity index (χ3v) is 7.28. The average Bonchev–Trinajstić information content (AvgIpc) is 2.82. The highest BCUT2D eigenvalue weighted by atomic mass is 35.5. The Hall–Kier alpha value is -2.85. The van der Waals surface area contributed by atoms with Gasteiger partial charge in [0.2, 0.25) is 0 Å². The van der Waals surface area contributed by atoms with Gasteiger partial charge in [-0.25, -0.2) is 17.2 Å². The number of hydrogen-bond acceptors (Lipinski definition) is 5. The predicted octanol–water partition coefficient (Wildman–Crippen LogP) is 4.08. The Morgan fingerprint density at radius 1 is 1.00 bits per heavy atom. The van der Waals surface area contributed by atoms with Crippen LogP contribution in [0.3, 0.4) is 0 Å². The molecular formula is C27H29ClF2N2O4S. The summed E-state index contributed by atoms with van der Waals surface area (Å²) < 4.78 is 51.1. The zero-order chi connectivity index (χ0) is 27.2. The van der Waals surface area contributed by atoms with E-state index in [0.29, 0.717) is 6.54 Å². The first kappa shape index (κ1) is 28.7. The maximum atomic E-state index is 13.8. The summed E-state index contributed by atoms with van der Waals surface area (Å²) in [6, 6.07) is 13.8. The van der Waals surface area contributed by atoms with Gasteiger partial charge in [-0.1, -0.05) is 42.8 Å². The second-order valence-corrected chi connectivity index (χ2v) is 11.3. The number of aliphatic hydroxyl groups excluding tert-OH is 1. The van der Waals surface area contributed by atoms with Gasteiger partial charge in [-0.05, 0) is 59.9 Å². The fraction of sp³-hybridized carbons (Fsp3) is 0.296. The fourth-order valence-electron chi connectivity index (χ4n) is 3.89. The van der Waals surface area contributed by atoms with E-state index in [1.807, 2.05) is 18.2 Å². The third kappa shape index (κ3) is 8.33. The lowest BCUT2D eigenvalue weighted by Crippen LogP contribution is -2.48. The summed E-state index contributed by atoms with van der Waals surface area (Å²) in [6.07, 6.45) is 0.726. The topological polar surface area (TPSA) is 95.5 Å². The van der Waals surface area contributed by atoms with Crippen molar-refractivity contribution in [1.29, 1.82) is 0 Å². The van der Waals surface area contributed by atoms with Gasteiger partial charge in [0.25, 0.3) is 5.91 Å². The molecule has 0 aliphatic rings. The van der Waals surface area contributed by atoms with E-state index in [1.165, 1.54) is 23.8 Å². The summed E-state index contributed by atoms with van der Waals surface area (Å²) in [5.41, 5.74) is 2.45. The number of nitrogens with one attached hydrogen (secondary N) is 2. The Morgan fingerprint density at radius 3 is 2.30 bits per heavy atom. The summed E-state index contributed by atoms with van der Waals surface area (Å²) in [7, 11) is -3.53. The molecule has 0 fully saturated rings. The molecule has 3 N–H and O–H groups in total. The van der Waals surface area contributed by atoms with Crippen molar-refractivity contribution in [1.82, 2.24) is 10.6 Å². The van der Waals surface area contributed by atoms with Gasteiger partial charge in [0.1, 0.15) is 11.6 Å². The molecule has 198 valence electrons. The first-order valence-corrected chi connectivity index (χ1v) is 13.9. The maximum absolute atomic E-state index is 13.8. The zero-order valence-electron chi connectivity index (χ0n) is 20.5. The number of halogens is 3. The van der Waals surface area contributed by atoms with Crippen molar-refractivity contribution in [2.45, 2.75) is 43.4 Å². The number of hydrogen-bond donors (Lipinski definition) is 3. The van der Waals surface area contributed by atoms with Crippen molar-refractivity contribution in [3.8, 4) is 0 Å². The second-order valence-electron chi connectivity index (χ2n) is 8.85. The van der Waals surface area contributed by atoms with Gasteiger partial charge in [-0.3, -0.25) is 4.79 Å². The van der Waals surface area contributed by atoms with Crippen molar-refractivity contribution in [2.75, 3.05) is 12.8 Å². The first-order chi connectivity index (χ1) is 17.5. The maximum Gasteiger partial charge on any atom is 0.253 e. The molecule has 0 spiro atoms. The van der Waals surface area contributed by atoms with Crippen LogP contribution in [0.25, 0.3) is 0 Å². The van der Waals surface area contributed by atoms with Crippen LogP contribution < -0.4 is 10.6 Å². The molecule has 3 aromatic carbocycles. The smallest absolute Gasteiger partial charge is 0.253 e. The minimum absolute atomic E-state index is 0.000953. The highest BCUT2D eigenvalue weighted by Crippen LogP contribution is 2.21. The second kappa shape index (κ2) is 12.6. The lowest BCUT2D eigenvalue weighted by molar-refractivity contribution is 0.0830. The number of aliphatic hydroxyl groups is 1. The molecule has 0 saturated heterocycles.